The van der Waals surface area contributed by atoms with Gasteiger partial charge >= 0.3 is 0 Å². The van der Waals surface area contributed by atoms with Gasteiger partial charge in [-0.1, -0.05) is 28.1 Å². The Morgan fingerprint density at radius 3 is 2.79 bits per heavy atom. The van der Waals surface area contributed by atoms with E-state index in [1.807, 2.05) is 18.2 Å². The topological polar surface area (TPSA) is 74.6 Å². The van der Waals surface area contributed by atoms with Gasteiger partial charge in [0.25, 0.3) is 5.91 Å². The maximum atomic E-state index is 13.0. The molecule has 2 aliphatic rings. The molecule has 1 aliphatic carbocycles. The fraction of sp³-hybridized carbons (Fsp3) is 0.381. The highest BCUT2D eigenvalue weighted by Crippen LogP contribution is 2.33. The molecule has 8 heteroatoms. The third kappa shape index (κ3) is 4.53. The standard InChI is InChI=1S/C21H22BrN3O3S/c22-15-7-8-18-17(10-15)20(27)25(21(29)24-18)12-13-3-5-14(6-4-13)19(26)23-11-16-2-1-9-28-16/h1-6,9,15,17-18H,7-8,10-12H2,(H,23,26)(H,24,29). The summed E-state index contributed by atoms with van der Waals surface area (Å²) in [4.78, 5) is 27.3. The molecule has 1 aliphatic heterocycles. The molecule has 1 aromatic heterocycles. The van der Waals surface area contributed by atoms with Crippen molar-refractivity contribution in [1.82, 2.24) is 15.5 Å². The second-order valence-electron chi connectivity index (χ2n) is 7.46. The van der Waals surface area contributed by atoms with Crippen LogP contribution in [-0.2, 0) is 17.9 Å². The highest BCUT2D eigenvalue weighted by Gasteiger charge is 2.42. The van der Waals surface area contributed by atoms with Crippen molar-refractivity contribution in [3.05, 3.63) is 59.5 Å². The largest absolute Gasteiger partial charge is 0.467 e. The van der Waals surface area contributed by atoms with Gasteiger partial charge in [0.05, 0.1) is 25.3 Å². The van der Waals surface area contributed by atoms with Crippen molar-refractivity contribution in [3.8, 4) is 0 Å². The summed E-state index contributed by atoms with van der Waals surface area (Å²) in [5.41, 5.74) is 1.48. The van der Waals surface area contributed by atoms with E-state index in [0.29, 0.717) is 34.4 Å². The fourth-order valence-electron chi connectivity index (χ4n) is 3.88. The third-order valence-corrected chi connectivity index (χ3v) is 6.65. The number of alkyl halides is 1. The van der Waals surface area contributed by atoms with E-state index in [2.05, 4.69) is 26.6 Å². The maximum Gasteiger partial charge on any atom is 0.251 e. The van der Waals surface area contributed by atoms with Crippen LogP contribution in [-0.4, -0.2) is 32.7 Å². The first-order chi connectivity index (χ1) is 14.0. The lowest BCUT2D eigenvalue weighted by Crippen LogP contribution is -2.61. The zero-order chi connectivity index (χ0) is 20.4. The van der Waals surface area contributed by atoms with Crippen molar-refractivity contribution in [2.24, 2.45) is 5.92 Å². The molecule has 3 unspecified atom stereocenters. The van der Waals surface area contributed by atoms with Gasteiger partial charge in [-0.25, -0.2) is 0 Å². The predicted octanol–water partition coefficient (Wildman–Crippen LogP) is 3.36. The SMILES string of the molecule is O=C(NCc1ccco1)c1ccc(CN2C(=O)C3CC(Br)CCC3NC2=S)cc1. The summed E-state index contributed by atoms with van der Waals surface area (Å²) < 4.78 is 5.21. The lowest BCUT2D eigenvalue weighted by atomic mass is 9.82. The van der Waals surface area contributed by atoms with Gasteiger partial charge in [0, 0.05) is 16.4 Å². The molecule has 0 spiro atoms. The van der Waals surface area contributed by atoms with Crippen LogP contribution in [0.3, 0.4) is 0 Å². The molecule has 2 N–H and O–H groups in total. The second kappa shape index (κ2) is 8.67. The van der Waals surface area contributed by atoms with E-state index in [1.165, 1.54) is 0 Å². The number of hydrogen-bond acceptors (Lipinski definition) is 4. The Labute approximate surface area is 183 Å². The molecule has 1 saturated carbocycles. The van der Waals surface area contributed by atoms with Gasteiger partial charge < -0.3 is 15.1 Å². The van der Waals surface area contributed by atoms with Crippen LogP contribution in [0.1, 0.15) is 40.9 Å². The molecule has 1 saturated heterocycles. The summed E-state index contributed by atoms with van der Waals surface area (Å²) in [6, 6.07) is 11.0. The summed E-state index contributed by atoms with van der Waals surface area (Å²) in [7, 11) is 0. The van der Waals surface area contributed by atoms with Crippen LogP contribution in [0.5, 0.6) is 0 Å². The molecule has 0 bridgehead atoms. The van der Waals surface area contributed by atoms with E-state index >= 15 is 0 Å². The minimum absolute atomic E-state index is 0.0496. The van der Waals surface area contributed by atoms with E-state index in [1.54, 1.807) is 29.4 Å². The van der Waals surface area contributed by atoms with E-state index in [9.17, 15) is 9.59 Å². The molecule has 0 radical (unpaired) electrons. The Balaban J connectivity index is 1.38. The molecular formula is C21H22BrN3O3S. The van der Waals surface area contributed by atoms with Crippen molar-refractivity contribution in [1.29, 1.82) is 0 Å². The van der Waals surface area contributed by atoms with Crippen LogP contribution in [0.15, 0.2) is 47.1 Å². The Bertz CT molecular complexity index is 900. The molecule has 1 aromatic carbocycles. The number of nitrogens with zero attached hydrogens (tertiary/aromatic N) is 1. The van der Waals surface area contributed by atoms with Crippen molar-refractivity contribution in [3.63, 3.8) is 0 Å². The molecule has 152 valence electrons. The molecule has 29 heavy (non-hydrogen) atoms. The number of fused-ring (bicyclic) bond motifs is 1. The van der Waals surface area contributed by atoms with Crippen LogP contribution in [0.4, 0.5) is 0 Å². The molecule has 3 atom stereocenters. The van der Waals surface area contributed by atoms with Gasteiger partial charge in [0.15, 0.2) is 5.11 Å². The van der Waals surface area contributed by atoms with Crippen molar-refractivity contribution in [2.45, 2.75) is 43.2 Å². The van der Waals surface area contributed by atoms with Gasteiger partial charge in [-0.15, -0.1) is 0 Å². The van der Waals surface area contributed by atoms with Crippen LogP contribution in [0.25, 0.3) is 0 Å². The molecule has 6 nitrogen and oxygen atoms in total. The van der Waals surface area contributed by atoms with Gasteiger partial charge in [-0.3, -0.25) is 14.5 Å². The van der Waals surface area contributed by atoms with Crippen LogP contribution in [0, 0.1) is 5.92 Å². The highest BCUT2D eigenvalue weighted by molar-refractivity contribution is 9.09. The van der Waals surface area contributed by atoms with E-state index in [4.69, 9.17) is 16.6 Å². The number of furan rings is 1. The highest BCUT2D eigenvalue weighted by atomic mass is 79.9. The quantitative estimate of drug-likeness (QED) is 0.512. The molecule has 2 heterocycles. The molecule has 4 rings (SSSR count). The summed E-state index contributed by atoms with van der Waals surface area (Å²) in [5, 5.41) is 6.65. The number of carbonyl (C=O) groups excluding carboxylic acids is 2. The number of carbonyl (C=O) groups is 2. The van der Waals surface area contributed by atoms with Crippen LogP contribution >= 0.6 is 28.1 Å². The first kappa shape index (κ1) is 20.1. The molecular weight excluding hydrogens is 454 g/mol. The van der Waals surface area contributed by atoms with E-state index in [-0.39, 0.29) is 23.8 Å². The first-order valence-electron chi connectivity index (χ1n) is 9.66. The van der Waals surface area contributed by atoms with Crippen molar-refractivity contribution >= 4 is 45.1 Å². The van der Waals surface area contributed by atoms with Crippen molar-refractivity contribution < 1.29 is 14.0 Å². The second-order valence-corrected chi connectivity index (χ2v) is 9.14. The average Bonchev–Trinajstić information content (AvgIpc) is 3.24. The minimum atomic E-state index is -0.174. The van der Waals surface area contributed by atoms with E-state index in [0.717, 1.165) is 24.8 Å². The lowest BCUT2D eigenvalue weighted by Gasteiger charge is -2.43. The van der Waals surface area contributed by atoms with Gasteiger partial charge in [-0.05, 0) is 61.3 Å². The number of benzene rings is 1. The normalized spacial score (nSPS) is 24.0. The van der Waals surface area contributed by atoms with Crippen molar-refractivity contribution in [2.75, 3.05) is 0 Å². The smallest absolute Gasteiger partial charge is 0.251 e. The zero-order valence-corrected chi connectivity index (χ0v) is 18.2. The molecule has 2 amide bonds. The number of halogens is 1. The maximum absolute atomic E-state index is 13.0. The minimum Gasteiger partial charge on any atom is -0.467 e. The molecule has 2 aromatic rings. The zero-order valence-electron chi connectivity index (χ0n) is 15.8. The van der Waals surface area contributed by atoms with Crippen LogP contribution in [0.2, 0.25) is 0 Å². The Kier molecular flexibility index (Phi) is 6.01. The van der Waals surface area contributed by atoms with E-state index < -0.39 is 0 Å². The summed E-state index contributed by atoms with van der Waals surface area (Å²) in [6.07, 6.45) is 4.39. The fourth-order valence-corrected chi connectivity index (χ4v) is 4.85. The lowest BCUT2D eigenvalue weighted by molar-refractivity contribution is -0.135. The molecule has 2 fully saturated rings. The van der Waals surface area contributed by atoms with Gasteiger partial charge in [-0.2, -0.15) is 0 Å². The number of thiocarbonyl (C=S) groups is 1. The third-order valence-electron chi connectivity index (χ3n) is 5.48. The predicted molar refractivity (Wildman–Crippen MR) is 116 cm³/mol. The summed E-state index contributed by atoms with van der Waals surface area (Å²) >= 11 is 9.10. The number of hydrogen-bond donors (Lipinski definition) is 2. The Hall–Kier alpha value is -2.19. The number of nitrogens with one attached hydrogen (secondary N) is 2. The number of amides is 2. The average molecular weight is 476 g/mol. The number of rotatable bonds is 5. The van der Waals surface area contributed by atoms with Gasteiger partial charge in [0.2, 0.25) is 5.91 Å². The summed E-state index contributed by atoms with van der Waals surface area (Å²) in [5.74, 6) is 0.563. The van der Waals surface area contributed by atoms with Gasteiger partial charge in [0.1, 0.15) is 5.76 Å². The Morgan fingerprint density at radius 2 is 2.07 bits per heavy atom. The first-order valence-corrected chi connectivity index (χ1v) is 11.0. The Morgan fingerprint density at radius 1 is 1.28 bits per heavy atom. The van der Waals surface area contributed by atoms with Crippen LogP contribution < -0.4 is 10.6 Å². The monoisotopic (exact) mass is 475 g/mol. The summed E-state index contributed by atoms with van der Waals surface area (Å²) in [6.45, 7) is 0.738.